The Morgan fingerprint density at radius 3 is 2.22 bits per heavy atom. The number of benzene rings is 5. The van der Waals surface area contributed by atoms with Crippen LogP contribution in [0.1, 0.15) is 37.5 Å². The van der Waals surface area contributed by atoms with Crippen LogP contribution in [0.15, 0.2) is 109 Å². The molecule has 0 unspecified atom stereocenters. The number of hydrogen-bond donors (Lipinski definition) is 0. The largest absolute Gasteiger partial charge is 0.256 e. The number of fused-ring (bicyclic) bond motifs is 6. The summed E-state index contributed by atoms with van der Waals surface area (Å²) in [6, 6.07) is 37.9. The van der Waals surface area contributed by atoms with Gasteiger partial charge in [0.15, 0.2) is 0 Å². The molecule has 5 aromatic carbocycles. The van der Waals surface area contributed by atoms with Crippen molar-refractivity contribution in [3.8, 4) is 33.5 Å². The molecule has 37 heavy (non-hydrogen) atoms. The molecular weight excluding hydrogens is 446 g/mol. The van der Waals surface area contributed by atoms with Gasteiger partial charge in [0.1, 0.15) is 0 Å². The van der Waals surface area contributed by atoms with Crippen LogP contribution in [0.25, 0.3) is 55.1 Å². The molecule has 1 aliphatic carbocycles. The Labute approximate surface area is 218 Å². The molecule has 1 nitrogen and oxygen atoms in total. The summed E-state index contributed by atoms with van der Waals surface area (Å²) in [5.41, 5.74) is 11.6. The van der Waals surface area contributed by atoms with Crippen LogP contribution in [0.2, 0.25) is 0 Å². The highest BCUT2D eigenvalue weighted by Gasteiger charge is 2.35. The monoisotopic (exact) mass is 475 g/mol. The van der Waals surface area contributed by atoms with Gasteiger partial charge in [-0.15, -0.1) is 0 Å². The fraction of sp³-hybridized carbons (Fsp3) is 0.139. The van der Waals surface area contributed by atoms with Crippen LogP contribution in [-0.4, -0.2) is 4.98 Å². The van der Waals surface area contributed by atoms with Gasteiger partial charge in [0.05, 0.1) is 5.69 Å². The van der Waals surface area contributed by atoms with E-state index in [0.29, 0.717) is 0 Å². The zero-order valence-corrected chi connectivity index (χ0v) is 21.5. The summed E-state index contributed by atoms with van der Waals surface area (Å²) in [5, 5.41) is 5.04. The first-order chi connectivity index (χ1) is 18.0. The van der Waals surface area contributed by atoms with Gasteiger partial charge < -0.3 is 0 Å². The minimum atomic E-state index is -0.0217. The lowest BCUT2D eigenvalue weighted by atomic mass is 9.81. The van der Waals surface area contributed by atoms with Crippen LogP contribution in [-0.2, 0) is 11.8 Å². The molecule has 1 heterocycles. The van der Waals surface area contributed by atoms with Crippen molar-refractivity contribution in [2.45, 2.75) is 32.6 Å². The van der Waals surface area contributed by atoms with Crippen molar-refractivity contribution in [3.63, 3.8) is 0 Å². The van der Waals surface area contributed by atoms with Crippen LogP contribution in [0, 0.1) is 0 Å². The van der Waals surface area contributed by atoms with E-state index in [-0.39, 0.29) is 5.41 Å². The lowest BCUT2D eigenvalue weighted by Gasteiger charge is -2.22. The molecule has 178 valence electrons. The molecular formula is C36H29N. The summed E-state index contributed by atoms with van der Waals surface area (Å²) < 4.78 is 0. The summed E-state index contributed by atoms with van der Waals surface area (Å²) in [6.07, 6.45) is 3.03. The van der Waals surface area contributed by atoms with Crippen molar-refractivity contribution >= 4 is 21.5 Å². The number of pyridine rings is 1. The van der Waals surface area contributed by atoms with Gasteiger partial charge in [0.25, 0.3) is 0 Å². The molecule has 0 amide bonds. The normalized spacial score (nSPS) is 13.6. The Kier molecular flexibility index (Phi) is 4.84. The van der Waals surface area contributed by atoms with Gasteiger partial charge in [-0.3, -0.25) is 4.98 Å². The Balaban J connectivity index is 1.43. The summed E-state index contributed by atoms with van der Waals surface area (Å²) in [5.74, 6) is 0. The van der Waals surface area contributed by atoms with E-state index in [1.54, 1.807) is 0 Å². The molecule has 6 aromatic rings. The van der Waals surface area contributed by atoms with Crippen LogP contribution < -0.4 is 0 Å². The molecule has 0 radical (unpaired) electrons. The average Bonchev–Trinajstić information content (AvgIpc) is 3.17. The minimum absolute atomic E-state index is 0.0217. The first-order valence-electron chi connectivity index (χ1n) is 13.2. The molecule has 0 N–H and O–H groups in total. The number of aryl methyl sites for hydroxylation is 1. The van der Waals surface area contributed by atoms with Gasteiger partial charge in [0, 0.05) is 22.6 Å². The molecule has 0 aliphatic heterocycles. The topological polar surface area (TPSA) is 12.9 Å². The van der Waals surface area contributed by atoms with Gasteiger partial charge in [-0.05, 0) is 85.8 Å². The highest BCUT2D eigenvalue weighted by atomic mass is 14.7. The van der Waals surface area contributed by atoms with Gasteiger partial charge >= 0.3 is 0 Å². The summed E-state index contributed by atoms with van der Waals surface area (Å²) in [4.78, 5) is 4.87. The van der Waals surface area contributed by atoms with Crippen molar-refractivity contribution in [1.82, 2.24) is 4.98 Å². The predicted molar refractivity (Wildman–Crippen MR) is 157 cm³/mol. The Hall–Kier alpha value is -4.23. The van der Waals surface area contributed by atoms with E-state index < -0.39 is 0 Å². The smallest absolute Gasteiger partial charge is 0.0780 e. The van der Waals surface area contributed by atoms with E-state index in [1.165, 1.54) is 60.5 Å². The zero-order valence-electron chi connectivity index (χ0n) is 21.5. The molecule has 0 saturated heterocycles. The van der Waals surface area contributed by atoms with E-state index in [9.17, 15) is 0 Å². The third-order valence-electron chi connectivity index (χ3n) is 8.27. The van der Waals surface area contributed by atoms with E-state index in [1.807, 2.05) is 6.20 Å². The molecule has 0 atom stereocenters. The van der Waals surface area contributed by atoms with Gasteiger partial charge in [-0.1, -0.05) is 99.6 Å². The highest BCUT2D eigenvalue weighted by Crippen LogP contribution is 2.50. The van der Waals surface area contributed by atoms with E-state index in [4.69, 9.17) is 4.98 Å². The van der Waals surface area contributed by atoms with Crippen LogP contribution in [0.3, 0.4) is 0 Å². The van der Waals surface area contributed by atoms with Crippen LogP contribution in [0.5, 0.6) is 0 Å². The first-order valence-corrected chi connectivity index (χ1v) is 13.2. The maximum atomic E-state index is 4.87. The summed E-state index contributed by atoms with van der Waals surface area (Å²) in [6.45, 7) is 6.98. The van der Waals surface area contributed by atoms with E-state index in [2.05, 4.69) is 124 Å². The van der Waals surface area contributed by atoms with Crippen molar-refractivity contribution in [3.05, 3.63) is 126 Å². The second-order valence-electron chi connectivity index (χ2n) is 10.7. The maximum absolute atomic E-state index is 4.87. The molecule has 1 aliphatic rings. The molecule has 1 aromatic heterocycles. The van der Waals surface area contributed by atoms with E-state index >= 15 is 0 Å². The Morgan fingerprint density at radius 2 is 1.38 bits per heavy atom. The van der Waals surface area contributed by atoms with Crippen LogP contribution in [0.4, 0.5) is 0 Å². The maximum Gasteiger partial charge on any atom is 0.0780 e. The third-order valence-corrected chi connectivity index (χ3v) is 8.27. The van der Waals surface area contributed by atoms with Crippen molar-refractivity contribution in [2.24, 2.45) is 0 Å². The Bertz CT molecular complexity index is 1830. The molecule has 0 bridgehead atoms. The zero-order chi connectivity index (χ0) is 25.1. The van der Waals surface area contributed by atoms with Crippen molar-refractivity contribution in [1.29, 1.82) is 0 Å². The molecule has 0 spiro atoms. The third kappa shape index (κ3) is 3.34. The average molecular weight is 476 g/mol. The fourth-order valence-electron chi connectivity index (χ4n) is 6.19. The number of aromatic nitrogens is 1. The fourth-order valence-corrected chi connectivity index (χ4v) is 6.19. The standard InChI is InChI=1S/C36H29N/c1-4-23-13-15-29-32-21-26-14-16-30-28(31(26)22-34(32)36(2,3)33(29)19-23)17-18-37-35(30)27-12-8-11-25(20-27)24-9-6-5-7-10-24/h5-22H,4H2,1-3H3. The van der Waals surface area contributed by atoms with Gasteiger partial charge in [0.2, 0.25) is 0 Å². The molecule has 1 heteroatoms. The summed E-state index contributed by atoms with van der Waals surface area (Å²) in [7, 11) is 0. The lowest BCUT2D eigenvalue weighted by Crippen LogP contribution is -2.15. The molecule has 0 saturated carbocycles. The molecule has 7 rings (SSSR count). The second kappa shape index (κ2) is 8.15. The quantitative estimate of drug-likeness (QED) is 0.232. The summed E-state index contributed by atoms with van der Waals surface area (Å²) >= 11 is 0. The lowest BCUT2D eigenvalue weighted by molar-refractivity contribution is 0.660. The number of rotatable bonds is 3. The number of nitrogens with zero attached hydrogens (tertiary/aromatic N) is 1. The minimum Gasteiger partial charge on any atom is -0.256 e. The van der Waals surface area contributed by atoms with Crippen LogP contribution >= 0.6 is 0 Å². The second-order valence-corrected chi connectivity index (χ2v) is 10.7. The number of hydrogen-bond acceptors (Lipinski definition) is 1. The van der Waals surface area contributed by atoms with Crippen molar-refractivity contribution in [2.75, 3.05) is 0 Å². The van der Waals surface area contributed by atoms with Gasteiger partial charge in [-0.25, -0.2) is 0 Å². The predicted octanol–water partition coefficient (Wildman–Crippen LogP) is 9.59. The van der Waals surface area contributed by atoms with E-state index in [0.717, 1.165) is 17.7 Å². The SMILES string of the molecule is CCc1ccc2c(c1)C(C)(C)c1cc3c(ccc4c(-c5cccc(-c6ccccc6)c5)nccc43)cc1-2. The highest BCUT2D eigenvalue weighted by molar-refractivity contribution is 6.13. The Morgan fingerprint density at radius 1 is 0.595 bits per heavy atom. The van der Waals surface area contributed by atoms with Gasteiger partial charge in [-0.2, -0.15) is 0 Å². The first kappa shape index (κ1) is 22.0. The van der Waals surface area contributed by atoms with Crippen molar-refractivity contribution < 1.29 is 0 Å². The molecule has 0 fully saturated rings.